The predicted octanol–water partition coefficient (Wildman–Crippen LogP) is 3.03. The molecule has 136 valence electrons. The lowest BCUT2D eigenvalue weighted by Crippen LogP contribution is -2.40. The number of rotatable bonds is 7. The average molecular weight is 448 g/mol. The lowest BCUT2D eigenvalue weighted by Gasteiger charge is -2.21. The van der Waals surface area contributed by atoms with E-state index >= 15 is 0 Å². The van der Waals surface area contributed by atoms with E-state index in [1.165, 1.54) is 31.5 Å². The van der Waals surface area contributed by atoms with Crippen LogP contribution < -0.4 is 10.6 Å². The van der Waals surface area contributed by atoms with Crippen molar-refractivity contribution >= 4 is 29.9 Å². The Hall–Kier alpha value is -0.890. The molecule has 1 saturated heterocycles. The first-order chi connectivity index (χ1) is 11.2. The van der Waals surface area contributed by atoms with Gasteiger partial charge in [0.05, 0.1) is 6.54 Å². The first kappa shape index (κ1) is 21.2. The Kier molecular flexibility index (Phi) is 10.2. The van der Waals surface area contributed by atoms with Crippen LogP contribution in [0, 0.1) is 5.82 Å². The van der Waals surface area contributed by atoms with Gasteiger partial charge in [0.15, 0.2) is 5.96 Å². The van der Waals surface area contributed by atoms with Crippen LogP contribution >= 0.6 is 24.0 Å². The number of guanidine groups is 1. The van der Waals surface area contributed by atoms with Gasteiger partial charge >= 0.3 is 0 Å². The lowest BCUT2D eigenvalue weighted by atomic mass is 10.1. The second-order valence-corrected chi connectivity index (χ2v) is 5.95. The second-order valence-electron chi connectivity index (χ2n) is 5.95. The third kappa shape index (κ3) is 6.93. The first-order valence-corrected chi connectivity index (χ1v) is 8.73. The molecule has 2 N–H and O–H groups in total. The maximum atomic E-state index is 12.9. The van der Waals surface area contributed by atoms with Crippen LogP contribution in [0.25, 0.3) is 0 Å². The highest BCUT2D eigenvalue weighted by molar-refractivity contribution is 14.0. The van der Waals surface area contributed by atoms with Crippen molar-refractivity contribution in [1.29, 1.82) is 0 Å². The SMILES string of the molecule is CCNC(=NCC1CCCN1CC)NCCc1ccc(F)cc1.I. The van der Waals surface area contributed by atoms with E-state index in [4.69, 9.17) is 4.99 Å². The molecule has 1 aromatic carbocycles. The number of nitrogens with one attached hydrogen (secondary N) is 2. The quantitative estimate of drug-likeness (QED) is 0.383. The summed E-state index contributed by atoms with van der Waals surface area (Å²) in [6, 6.07) is 7.26. The molecule has 0 spiro atoms. The van der Waals surface area contributed by atoms with Gasteiger partial charge in [0, 0.05) is 19.1 Å². The second kappa shape index (κ2) is 11.6. The van der Waals surface area contributed by atoms with Crippen molar-refractivity contribution in [3.05, 3.63) is 35.6 Å². The van der Waals surface area contributed by atoms with Crippen molar-refractivity contribution < 1.29 is 4.39 Å². The normalized spacial score (nSPS) is 18.3. The van der Waals surface area contributed by atoms with E-state index < -0.39 is 0 Å². The summed E-state index contributed by atoms with van der Waals surface area (Å²) in [4.78, 5) is 7.24. The number of aliphatic imine (C=N–C) groups is 1. The van der Waals surface area contributed by atoms with Crippen molar-refractivity contribution in [2.45, 2.75) is 39.2 Å². The summed E-state index contributed by atoms with van der Waals surface area (Å²) in [6.45, 7) is 9.09. The topological polar surface area (TPSA) is 39.7 Å². The van der Waals surface area contributed by atoms with E-state index in [9.17, 15) is 4.39 Å². The molecular formula is C18H30FIN4. The molecule has 2 rings (SSSR count). The van der Waals surface area contributed by atoms with Crippen LogP contribution in [-0.2, 0) is 6.42 Å². The summed E-state index contributed by atoms with van der Waals surface area (Å²) in [5.41, 5.74) is 1.13. The molecule has 1 unspecified atom stereocenters. The summed E-state index contributed by atoms with van der Waals surface area (Å²) in [5.74, 6) is 0.686. The molecule has 0 radical (unpaired) electrons. The fourth-order valence-electron chi connectivity index (χ4n) is 3.03. The van der Waals surface area contributed by atoms with Crippen molar-refractivity contribution in [3.63, 3.8) is 0 Å². The van der Waals surface area contributed by atoms with Crippen LogP contribution in [0.15, 0.2) is 29.3 Å². The Bertz CT molecular complexity index is 492. The third-order valence-electron chi connectivity index (χ3n) is 4.33. The van der Waals surface area contributed by atoms with E-state index in [0.29, 0.717) is 6.04 Å². The zero-order chi connectivity index (χ0) is 16.5. The van der Waals surface area contributed by atoms with E-state index in [1.807, 2.05) is 12.1 Å². The lowest BCUT2D eigenvalue weighted by molar-refractivity contribution is 0.273. The Balaban J connectivity index is 0.00000288. The fourth-order valence-corrected chi connectivity index (χ4v) is 3.03. The minimum atomic E-state index is -0.186. The van der Waals surface area contributed by atoms with Gasteiger partial charge in [-0.25, -0.2) is 4.39 Å². The fraction of sp³-hybridized carbons (Fsp3) is 0.611. The Labute approximate surface area is 162 Å². The number of likely N-dealkylation sites (tertiary alicyclic amines) is 1. The monoisotopic (exact) mass is 448 g/mol. The number of halogens is 2. The zero-order valence-electron chi connectivity index (χ0n) is 14.7. The maximum Gasteiger partial charge on any atom is 0.191 e. The predicted molar refractivity (Wildman–Crippen MR) is 110 cm³/mol. The molecule has 1 atom stereocenters. The van der Waals surface area contributed by atoms with Crippen LogP contribution in [0.3, 0.4) is 0 Å². The van der Waals surface area contributed by atoms with Crippen LogP contribution in [0.4, 0.5) is 4.39 Å². The summed E-state index contributed by atoms with van der Waals surface area (Å²) in [6.07, 6.45) is 3.38. The molecule has 24 heavy (non-hydrogen) atoms. The first-order valence-electron chi connectivity index (χ1n) is 8.73. The smallest absolute Gasteiger partial charge is 0.191 e. The van der Waals surface area contributed by atoms with Gasteiger partial charge in [-0.3, -0.25) is 9.89 Å². The Morgan fingerprint density at radius 2 is 2.00 bits per heavy atom. The van der Waals surface area contributed by atoms with Gasteiger partial charge in [0.25, 0.3) is 0 Å². The van der Waals surface area contributed by atoms with Gasteiger partial charge < -0.3 is 10.6 Å². The van der Waals surface area contributed by atoms with Crippen molar-refractivity contribution in [2.75, 3.05) is 32.7 Å². The van der Waals surface area contributed by atoms with E-state index in [-0.39, 0.29) is 29.8 Å². The zero-order valence-corrected chi connectivity index (χ0v) is 17.1. The number of hydrogen-bond acceptors (Lipinski definition) is 2. The molecule has 0 amide bonds. The Morgan fingerprint density at radius 3 is 2.67 bits per heavy atom. The number of benzene rings is 1. The molecule has 0 aliphatic carbocycles. The van der Waals surface area contributed by atoms with Gasteiger partial charge in [-0.05, 0) is 57.0 Å². The van der Waals surface area contributed by atoms with Crippen molar-refractivity contribution in [3.8, 4) is 0 Å². The number of hydrogen-bond donors (Lipinski definition) is 2. The summed E-state index contributed by atoms with van der Waals surface area (Å²) >= 11 is 0. The molecule has 0 aromatic heterocycles. The summed E-state index contributed by atoms with van der Waals surface area (Å²) in [5, 5.41) is 6.66. The standard InChI is InChI=1S/C18H29FN4.HI/c1-3-20-18(22-14-17-6-5-13-23(17)4-2)21-12-11-15-7-9-16(19)10-8-15;/h7-10,17H,3-6,11-14H2,1-2H3,(H2,20,21,22);1H. The van der Waals surface area contributed by atoms with Gasteiger partial charge in [0.1, 0.15) is 5.82 Å². The maximum absolute atomic E-state index is 12.9. The van der Waals surface area contributed by atoms with E-state index in [0.717, 1.165) is 44.1 Å². The number of nitrogens with zero attached hydrogens (tertiary/aromatic N) is 2. The molecule has 1 fully saturated rings. The molecule has 4 nitrogen and oxygen atoms in total. The van der Waals surface area contributed by atoms with Crippen molar-refractivity contribution in [2.24, 2.45) is 4.99 Å². The molecule has 1 aromatic rings. The summed E-state index contributed by atoms with van der Waals surface area (Å²) in [7, 11) is 0. The van der Waals surface area contributed by atoms with Crippen molar-refractivity contribution in [1.82, 2.24) is 15.5 Å². The molecule has 1 aliphatic heterocycles. The minimum Gasteiger partial charge on any atom is -0.357 e. The number of likely N-dealkylation sites (N-methyl/N-ethyl adjacent to an activating group) is 1. The van der Waals surface area contributed by atoms with Gasteiger partial charge in [-0.2, -0.15) is 0 Å². The molecule has 1 heterocycles. The van der Waals surface area contributed by atoms with Crippen LogP contribution in [-0.4, -0.2) is 49.6 Å². The molecule has 0 bridgehead atoms. The molecule has 0 saturated carbocycles. The van der Waals surface area contributed by atoms with Crippen LogP contribution in [0.2, 0.25) is 0 Å². The largest absolute Gasteiger partial charge is 0.357 e. The minimum absolute atomic E-state index is 0. The van der Waals surface area contributed by atoms with Crippen LogP contribution in [0.5, 0.6) is 0 Å². The van der Waals surface area contributed by atoms with E-state index in [2.05, 4.69) is 29.4 Å². The van der Waals surface area contributed by atoms with Gasteiger partial charge in [0.2, 0.25) is 0 Å². The highest BCUT2D eigenvalue weighted by atomic mass is 127. The van der Waals surface area contributed by atoms with Crippen LogP contribution in [0.1, 0.15) is 32.3 Å². The molecular weight excluding hydrogens is 418 g/mol. The van der Waals surface area contributed by atoms with E-state index in [1.54, 1.807) is 0 Å². The highest BCUT2D eigenvalue weighted by Crippen LogP contribution is 2.16. The van der Waals surface area contributed by atoms with Gasteiger partial charge in [-0.1, -0.05) is 19.1 Å². The summed E-state index contributed by atoms with van der Waals surface area (Å²) < 4.78 is 12.9. The molecule has 1 aliphatic rings. The average Bonchev–Trinajstić information content (AvgIpc) is 3.02. The third-order valence-corrected chi connectivity index (χ3v) is 4.33. The van der Waals surface area contributed by atoms with Gasteiger partial charge in [-0.15, -0.1) is 24.0 Å². The molecule has 6 heteroatoms. The Morgan fingerprint density at radius 1 is 1.25 bits per heavy atom. The highest BCUT2D eigenvalue weighted by Gasteiger charge is 2.22.